The predicted molar refractivity (Wildman–Crippen MR) is 195 cm³/mol. The minimum atomic E-state index is -1.38. The van der Waals surface area contributed by atoms with Gasteiger partial charge in [0.05, 0.1) is 24.4 Å². The number of fused-ring (bicyclic) bond motifs is 2. The van der Waals surface area contributed by atoms with Crippen LogP contribution < -0.4 is 26.6 Å². The van der Waals surface area contributed by atoms with Gasteiger partial charge in [0.1, 0.15) is 12.1 Å². The van der Waals surface area contributed by atoms with Gasteiger partial charge in [0.15, 0.2) is 6.04 Å². The molecule has 296 valence electrons. The van der Waals surface area contributed by atoms with Crippen molar-refractivity contribution in [2.24, 2.45) is 35.5 Å². The van der Waals surface area contributed by atoms with Crippen LogP contribution in [0.15, 0.2) is 30.3 Å². The molecular formula is C39H55N5O10. The van der Waals surface area contributed by atoms with Crippen molar-refractivity contribution in [1.29, 1.82) is 0 Å². The second-order valence-electron chi connectivity index (χ2n) is 15.4. The molecule has 0 aromatic heterocycles. The zero-order chi connectivity index (χ0) is 39.5. The van der Waals surface area contributed by atoms with Crippen molar-refractivity contribution in [3.8, 4) is 0 Å². The number of hydrogen-bond donors (Lipinski definition) is 7. The van der Waals surface area contributed by atoms with E-state index in [-0.39, 0.29) is 36.5 Å². The molecule has 0 radical (unpaired) electrons. The van der Waals surface area contributed by atoms with Gasteiger partial charge in [-0.05, 0) is 74.2 Å². The molecule has 3 aliphatic rings. The largest absolute Gasteiger partial charge is 0.481 e. The minimum absolute atomic E-state index is 0.0544. The molecule has 8 atom stereocenters. The molecule has 15 heteroatoms. The predicted octanol–water partition coefficient (Wildman–Crippen LogP) is 2.24. The number of nitrogens with one attached hydrogen (secondary N) is 5. The van der Waals surface area contributed by atoms with E-state index in [2.05, 4.69) is 26.6 Å². The van der Waals surface area contributed by atoms with Gasteiger partial charge in [-0.3, -0.25) is 33.6 Å². The highest BCUT2D eigenvalue weighted by Crippen LogP contribution is 2.52. The summed E-state index contributed by atoms with van der Waals surface area (Å²) in [6, 6.07) is 3.19. The highest BCUT2D eigenvalue weighted by atomic mass is 16.4. The summed E-state index contributed by atoms with van der Waals surface area (Å²) in [4.78, 5) is 104. The van der Waals surface area contributed by atoms with Gasteiger partial charge >= 0.3 is 11.9 Å². The first kappa shape index (κ1) is 41.9. The van der Waals surface area contributed by atoms with E-state index in [9.17, 15) is 48.6 Å². The first-order valence-corrected chi connectivity index (χ1v) is 19.2. The summed E-state index contributed by atoms with van der Waals surface area (Å²) in [5.41, 5.74) is 0.314. The lowest BCUT2D eigenvalue weighted by atomic mass is 9.78. The van der Waals surface area contributed by atoms with Crippen molar-refractivity contribution < 1.29 is 48.6 Å². The van der Waals surface area contributed by atoms with Crippen LogP contribution in [0, 0.1) is 35.5 Å². The van der Waals surface area contributed by atoms with E-state index in [0.29, 0.717) is 31.2 Å². The molecule has 5 amide bonds. The number of rotatable bonds is 19. The van der Waals surface area contributed by atoms with Gasteiger partial charge in [-0.15, -0.1) is 0 Å². The monoisotopic (exact) mass is 753 g/mol. The molecule has 4 rings (SSSR count). The van der Waals surface area contributed by atoms with E-state index in [1.165, 1.54) is 12.1 Å². The Kier molecular flexibility index (Phi) is 15.1. The van der Waals surface area contributed by atoms with Gasteiger partial charge in [0, 0.05) is 0 Å². The van der Waals surface area contributed by atoms with Gasteiger partial charge in [-0.1, -0.05) is 76.8 Å². The van der Waals surface area contributed by atoms with E-state index in [1.807, 2.05) is 13.8 Å². The molecule has 0 spiro atoms. The van der Waals surface area contributed by atoms with E-state index >= 15 is 0 Å². The highest BCUT2D eigenvalue weighted by molar-refractivity contribution is 6.38. The quantitative estimate of drug-likeness (QED) is 0.102. The molecule has 2 bridgehead atoms. The fourth-order valence-electron chi connectivity index (χ4n) is 8.48. The normalized spacial score (nSPS) is 23.0. The zero-order valence-electron chi connectivity index (χ0n) is 31.3. The lowest BCUT2D eigenvalue weighted by Gasteiger charge is -2.34. The van der Waals surface area contributed by atoms with Crippen molar-refractivity contribution in [3.05, 3.63) is 35.9 Å². The van der Waals surface area contributed by atoms with Crippen LogP contribution in [-0.2, 0) is 38.4 Å². The molecule has 3 aliphatic carbocycles. The number of aliphatic carboxylic acids is 2. The average molecular weight is 754 g/mol. The highest BCUT2D eigenvalue weighted by Gasteiger charge is 2.54. The number of ketones is 1. The molecule has 5 unspecified atom stereocenters. The molecule has 0 heterocycles. The standard InChI is InChI=1S/C39H55N5O10/c1-4-11-26(33(46)37(50)40-20-28(45)43-32(39(53)54)23-14-9-6-10-15-23)41-34(47)27(18-21(2)3)42-36(49)31(22-12-7-5-8-13-22)44-35(48)29-24-16-17-25(19-24)30(29)38(51)52/h6,9-10,14-15,21-22,24-27,29-32H,4-5,7-8,11-13,16-20H2,1-3H3,(H,40,50)(H,41,47)(H,42,49)(H,43,45)(H,44,48)(H,51,52)(H,53,54)/t24?,25?,26?,27-,29?,30?,31-,32-/m0/s1. The number of carbonyl (C=O) groups excluding carboxylic acids is 6. The van der Waals surface area contributed by atoms with Gasteiger partial charge in [0.25, 0.3) is 5.91 Å². The number of carbonyl (C=O) groups is 8. The van der Waals surface area contributed by atoms with Crippen molar-refractivity contribution in [3.63, 3.8) is 0 Å². The third-order valence-corrected chi connectivity index (χ3v) is 11.1. The van der Waals surface area contributed by atoms with Crippen LogP contribution in [0.1, 0.15) is 103 Å². The fourth-order valence-corrected chi connectivity index (χ4v) is 8.48. The molecule has 0 aliphatic heterocycles. The van der Waals surface area contributed by atoms with E-state index in [4.69, 9.17) is 0 Å². The first-order valence-electron chi connectivity index (χ1n) is 19.2. The Labute approximate surface area is 315 Å². The van der Waals surface area contributed by atoms with Crippen molar-refractivity contribution in [2.45, 2.75) is 116 Å². The average Bonchev–Trinajstić information content (AvgIpc) is 3.77. The lowest BCUT2D eigenvalue weighted by Crippen LogP contribution is -2.59. The topological polar surface area (TPSA) is 237 Å². The van der Waals surface area contributed by atoms with Crippen molar-refractivity contribution >= 4 is 47.3 Å². The molecule has 7 N–H and O–H groups in total. The van der Waals surface area contributed by atoms with Crippen LogP contribution in [0.3, 0.4) is 0 Å². The summed E-state index contributed by atoms with van der Waals surface area (Å²) in [6.07, 6.45) is 6.96. The number of Topliss-reactive ketones (excluding diaryl/α,β-unsaturated/α-hetero) is 1. The number of benzene rings is 1. The van der Waals surface area contributed by atoms with Crippen LogP contribution >= 0.6 is 0 Å². The Morgan fingerprint density at radius 3 is 1.98 bits per heavy atom. The molecule has 15 nitrogen and oxygen atoms in total. The van der Waals surface area contributed by atoms with Gasteiger partial charge in [0.2, 0.25) is 29.4 Å². The smallest absolute Gasteiger partial charge is 0.330 e. The van der Waals surface area contributed by atoms with Crippen LogP contribution in [0.4, 0.5) is 0 Å². The van der Waals surface area contributed by atoms with E-state index in [0.717, 1.165) is 32.1 Å². The summed E-state index contributed by atoms with van der Waals surface area (Å²) in [5.74, 6) is -8.98. The molecule has 3 saturated carbocycles. The maximum Gasteiger partial charge on any atom is 0.330 e. The molecule has 1 aromatic carbocycles. The van der Waals surface area contributed by atoms with Crippen LogP contribution in [-0.4, -0.2) is 82.1 Å². The lowest BCUT2D eigenvalue weighted by molar-refractivity contribution is -0.150. The van der Waals surface area contributed by atoms with E-state index in [1.54, 1.807) is 25.1 Å². The summed E-state index contributed by atoms with van der Waals surface area (Å²) in [6.45, 7) is 4.77. The Morgan fingerprint density at radius 2 is 1.39 bits per heavy atom. The Bertz CT molecular complexity index is 1540. The molecular weight excluding hydrogens is 698 g/mol. The third kappa shape index (κ3) is 10.9. The second-order valence-corrected chi connectivity index (χ2v) is 15.4. The Hall–Kier alpha value is -4.82. The van der Waals surface area contributed by atoms with Crippen LogP contribution in [0.2, 0.25) is 0 Å². The Balaban J connectivity index is 1.42. The summed E-state index contributed by atoms with van der Waals surface area (Å²) < 4.78 is 0. The van der Waals surface area contributed by atoms with Crippen molar-refractivity contribution in [2.75, 3.05) is 6.54 Å². The fraction of sp³-hybridized carbons (Fsp3) is 0.641. The summed E-state index contributed by atoms with van der Waals surface area (Å²) >= 11 is 0. The third-order valence-electron chi connectivity index (χ3n) is 11.1. The SMILES string of the molecule is CCCC(NC(=O)[C@H](CC(C)C)NC(=O)[C@@H](NC(=O)C1C2CCC(C2)C1C(=O)O)C1CCCCC1)C(=O)C(=O)NCC(=O)N[C@H](C(=O)O)c1ccccc1. The van der Waals surface area contributed by atoms with Gasteiger partial charge in [-0.25, -0.2) is 4.79 Å². The summed E-state index contributed by atoms with van der Waals surface area (Å²) in [5, 5.41) is 32.4. The minimum Gasteiger partial charge on any atom is -0.481 e. The van der Waals surface area contributed by atoms with Gasteiger partial charge < -0.3 is 36.8 Å². The number of carboxylic acid groups (broad SMARTS) is 2. The molecule has 54 heavy (non-hydrogen) atoms. The van der Waals surface area contributed by atoms with E-state index < -0.39 is 89.8 Å². The Morgan fingerprint density at radius 1 is 0.759 bits per heavy atom. The zero-order valence-corrected chi connectivity index (χ0v) is 31.3. The molecule has 1 aromatic rings. The molecule has 3 fully saturated rings. The van der Waals surface area contributed by atoms with Crippen molar-refractivity contribution in [1.82, 2.24) is 26.6 Å². The summed E-state index contributed by atoms with van der Waals surface area (Å²) in [7, 11) is 0. The van der Waals surface area contributed by atoms with Crippen LogP contribution in [0.5, 0.6) is 0 Å². The number of hydrogen-bond acceptors (Lipinski definition) is 8. The first-order chi connectivity index (χ1) is 25.7. The maximum atomic E-state index is 14.0. The van der Waals surface area contributed by atoms with Crippen LogP contribution in [0.25, 0.3) is 0 Å². The number of amides is 5. The maximum absolute atomic E-state index is 14.0. The number of carboxylic acids is 2. The van der Waals surface area contributed by atoms with Gasteiger partial charge in [-0.2, -0.15) is 0 Å². The molecule has 0 saturated heterocycles. The second kappa shape index (κ2) is 19.5.